The summed E-state index contributed by atoms with van der Waals surface area (Å²) in [4.78, 5) is 49.4. The van der Waals surface area contributed by atoms with Gasteiger partial charge in [-0.25, -0.2) is 14.0 Å². The molecule has 3 fully saturated rings. The Morgan fingerprint density at radius 3 is 2.08 bits per heavy atom. The number of carbonyl (C=O) groups excluding carboxylic acids is 2. The number of hydrogen-bond donors (Lipinski definition) is 3. The van der Waals surface area contributed by atoms with Crippen LogP contribution in [-0.2, 0) is 11.2 Å². The van der Waals surface area contributed by atoms with Crippen molar-refractivity contribution in [3.63, 3.8) is 0 Å². The molecule has 0 radical (unpaired) electrons. The van der Waals surface area contributed by atoms with Crippen molar-refractivity contribution in [1.29, 1.82) is 0 Å². The third kappa shape index (κ3) is 8.00. The van der Waals surface area contributed by atoms with Gasteiger partial charge in [0.2, 0.25) is 5.91 Å². The molecule has 3 aromatic rings. The largest absolute Gasteiger partial charge is 0.506 e. The first-order valence-electron chi connectivity index (χ1n) is 16.8. The maximum atomic E-state index is 14.0. The molecule has 3 amide bonds. The summed E-state index contributed by atoms with van der Waals surface area (Å²) in [7, 11) is 2.18. The molecule has 10 nitrogen and oxygen atoms in total. The van der Waals surface area contributed by atoms with Gasteiger partial charge in [-0.3, -0.25) is 9.36 Å². The molecular weight excluding hydrogens is 747 g/mol. The Balaban J connectivity index is 1.10. The molecule has 0 bridgehead atoms. The van der Waals surface area contributed by atoms with Crippen molar-refractivity contribution in [2.24, 2.45) is 11.8 Å². The number of imidazole rings is 1. The number of phenolic OH excluding ortho intramolecular Hbond substituents is 1. The zero-order valence-electron chi connectivity index (χ0n) is 27.1. The Morgan fingerprint density at radius 1 is 0.917 bits per heavy atom. The van der Waals surface area contributed by atoms with Crippen molar-refractivity contribution < 1.29 is 19.1 Å². The second-order valence-electron chi connectivity index (χ2n) is 13.5. The topological polar surface area (TPSA) is 114 Å². The van der Waals surface area contributed by atoms with Crippen molar-refractivity contribution in [3.8, 4) is 17.0 Å². The van der Waals surface area contributed by atoms with Crippen LogP contribution in [0.25, 0.3) is 11.3 Å². The molecule has 258 valence electrons. The zero-order valence-corrected chi connectivity index (χ0v) is 30.3. The molecule has 0 unspecified atom stereocenters. The lowest BCUT2D eigenvalue weighted by molar-refractivity contribution is -0.135. The molecule has 3 aliphatic heterocycles. The van der Waals surface area contributed by atoms with Crippen LogP contribution in [-0.4, -0.2) is 93.7 Å². The fourth-order valence-corrected chi connectivity index (χ4v) is 8.81. The fraction of sp³-hybridized carbons (Fsp3) is 0.514. The van der Waals surface area contributed by atoms with Gasteiger partial charge in [0, 0.05) is 44.8 Å². The quantitative estimate of drug-likeness (QED) is 0.282. The van der Waals surface area contributed by atoms with Crippen LogP contribution < -0.4 is 11.0 Å². The SMILES string of the molecule is CN1CCC(C2CCN(C(=O)[C@@H](Cc3cc(Br)c(O)c(Br)c3)NC(=O)N3CCC(n4cc(-c5ccc(F)cc5)[nH]c4=O)CC3)CC2)CC1. The average Bonchev–Trinajstić information content (AvgIpc) is 3.48. The number of carbonyl (C=O) groups is 2. The Bertz CT molecular complexity index is 1630. The summed E-state index contributed by atoms with van der Waals surface area (Å²) in [6, 6.07) is 8.35. The molecule has 6 rings (SSSR count). The van der Waals surface area contributed by atoms with E-state index in [1.165, 1.54) is 25.0 Å². The number of H-pyrrole nitrogens is 1. The van der Waals surface area contributed by atoms with Gasteiger partial charge in [0.25, 0.3) is 0 Å². The van der Waals surface area contributed by atoms with Crippen LogP contribution in [0.5, 0.6) is 5.75 Å². The first-order valence-corrected chi connectivity index (χ1v) is 18.4. The maximum absolute atomic E-state index is 14.0. The van der Waals surface area contributed by atoms with E-state index in [4.69, 9.17) is 0 Å². The Morgan fingerprint density at radius 2 is 1.48 bits per heavy atom. The molecule has 0 spiro atoms. The van der Waals surface area contributed by atoms with E-state index in [0.717, 1.165) is 37.1 Å². The van der Waals surface area contributed by atoms with Gasteiger partial charge >= 0.3 is 11.7 Å². The second-order valence-corrected chi connectivity index (χ2v) is 15.2. The number of aromatic hydroxyl groups is 1. The number of aromatic nitrogens is 2. The zero-order chi connectivity index (χ0) is 33.9. The highest BCUT2D eigenvalue weighted by molar-refractivity contribution is 9.11. The summed E-state index contributed by atoms with van der Waals surface area (Å²) in [6.45, 7) is 4.49. The normalized spacial score (nSPS) is 19.4. The third-order valence-electron chi connectivity index (χ3n) is 10.4. The molecule has 48 heavy (non-hydrogen) atoms. The van der Waals surface area contributed by atoms with E-state index >= 15 is 0 Å². The van der Waals surface area contributed by atoms with Crippen LogP contribution in [0, 0.1) is 17.7 Å². The van der Waals surface area contributed by atoms with Crippen LogP contribution in [0.1, 0.15) is 50.1 Å². The number of likely N-dealkylation sites (tertiary alicyclic amines) is 3. The number of benzene rings is 2. The predicted molar refractivity (Wildman–Crippen MR) is 189 cm³/mol. The summed E-state index contributed by atoms with van der Waals surface area (Å²) in [5, 5.41) is 13.3. The highest BCUT2D eigenvalue weighted by atomic mass is 79.9. The van der Waals surface area contributed by atoms with E-state index in [1.54, 1.807) is 39.9 Å². The van der Waals surface area contributed by atoms with Gasteiger partial charge in [0.05, 0.1) is 14.6 Å². The average molecular weight is 791 g/mol. The first kappa shape index (κ1) is 34.7. The van der Waals surface area contributed by atoms with Crippen LogP contribution >= 0.6 is 31.9 Å². The molecule has 2 aromatic carbocycles. The lowest BCUT2D eigenvalue weighted by Crippen LogP contribution is -2.55. The van der Waals surface area contributed by atoms with Crippen molar-refractivity contribution >= 4 is 43.8 Å². The van der Waals surface area contributed by atoms with Gasteiger partial charge in [-0.15, -0.1) is 0 Å². The van der Waals surface area contributed by atoms with E-state index in [2.05, 4.69) is 54.1 Å². The van der Waals surface area contributed by atoms with E-state index in [9.17, 15) is 23.9 Å². The fourth-order valence-electron chi connectivity index (χ4n) is 7.53. The molecule has 3 N–H and O–H groups in total. The summed E-state index contributed by atoms with van der Waals surface area (Å²) in [5.41, 5.74) is 1.89. The summed E-state index contributed by atoms with van der Waals surface area (Å²) >= 11 is 6.79. The van der Waals surface area contributed by atoms with Crippen LogP contribution in [0.15, 0.2) is 56.3 Å². The minimum atomic E-state index is -0.774. The van der Waals surface area contributed by atoms with Crippen molar-refractivity contribution in [3.05, 3.63) is 73.4 Å². The van der Waals surface area contributed by atoms with Crippen molar-refractivity contribution in [2.45, 2.75) is 57.0 Å². The minimum absolute atomic E-state index is 0.0795. The number of nitrogens with one attached hydrogen (secondary N) is 2. The molecule has 13 heteroatoms. The summed E-state index contributed by atoms with van der Waals surface area (Å²) in [6.07, 6.45) is 7.57. The standard InChI is InChI=1S/C35H43Br2FN6O4/c1-41-12-6-23(7-13-41)24-8-14-42(15-9-24)33(46)30(20-22-18-28(36)32(45)29(37)19-22)39-34(47)43-16-10-27(11-17-43)44-21-31(40-35(44)48)25-2-4-26(38)5-3-25/h2-5,18-19,21,23-24,27,30,45H,6-17,20H2,1H3,(H,39,47)(H,40,48)/t30-/m1/s1. The molecule has 3 saturated heterocycles. The maximum Gasteiger partial charge on any atom is 0.326 e. The summed E-state index contributed by atoms with van der Waals surface area (Å²) in [5.74, 6) is 0.982. The van der Waals surface area contributed by atoms with Crippen molar-refractivity contribution in [1.82, 2.24) is 29.6 Å². The van der Waals surface area contributed by atoms with E-state index in [0.29, 0.717) is 65.5 Å². The summed E-state index contributed by atoms with van der Waals surface area (Å²) < 4.78 is 16.1. The number of piperidine rings is 3. The number of phenols is 1. The molecule has 1 atom stereocenters. The lowest BCUT2D eigenvalue weighted by atomic mass is 9.79. The van der Waals surface area contributed by atoms with Crippen LogP contribution in [0.2, 0.25) is 0 Å². The van der Waals surface area contributed by atoms with Gasteiger partial charge in [0.1, 0.15) is 17.6 Å². The van der Waals surface area contributed by atoms with Gasteiger partial charge in [-0.1, -0.05) is 0 Å². The molecular formula is C35H43Br2FN6O4. The van der Waals surface area contributed by atoms with Gasteiger partial charge in [0.15, 0.2) is 0 Å². The number of aromatic amines is 1. The van der Waals surface area contributed by atoms with E-state index in [1.807, 2.05) is 4.90 Å². The number of nitrogens with zero attached hydrogens (tertiary/aromatic N) is 4. The molecule has 4 heterocycles. The number of urea groups is 1. The van der Waals surface area contributed by atoms with Crippen LogP contribution in [0.4, 0.5) is 9.18 Å². The van der Waals surface area contributed by atoms with Gasteiger partial charge < -0.3 is 30.1 Å². The number of hydrogen-bond acceptors (Lipinski definition) is 5. The Hall–Kier alpha value is -3.16. The molecule has 0 saturated carbocycles. The Labute approximate surface area is 296 Å². The van der Waals surface area contributed by atoms with Gasteiger partial charge in [-0.05, 0) is 150 Å². The van der Waals surface area contributed by atoms with Crippen LogP contribution in [0.3, 0.4) is 0 Å². The highest BCUT2D eigenvalue weighted by Crippen LogP contribution is 2.35. The van der Waals surface area contributed by atoms with Gasteiger partial charge in [-0.2, -0.15) is 0 Å². The molecule has 3 aliphatic rings. The minimum Gasteiger partial charge on any atom is -0.506 e. The number of amides is 3. The van der Waals surface area contributed by atoms with Crippen molar-refractivity contribution in [2.75, 3.05) is 46.3 Å². The smallest absolute Gasteiger partial charge is 0.326 e. The molecule has 1 aromatic heterocycles. The number of rotatable bonds is 7. The Kier molecular flexibility index (Phi) is 11.0. The van der Waals surface area contributed by atoms with E-state index in [-0.39, 0.29) is 41.7 Å². The number of halogens is 3. The highest BCUT2D eigenvalue weighted by Gasteiger charge is 2.35. The lowest BCUT2D eigenvalue weighted by Gasteiger charge is -2.40. The third-order valence-corrected chi connectivity index (χ3v) is 11.6. The van der Waals surface area contributed by atoms with E-state index < -0.39 is 6.04 Å². The molecule has 0 aliphatic carbocycles. The predicted octanol–water partition coefficient (Wildman–Crippen LogP) is 5.75. The first-order chi connectivity index (χ1) is 23.0. The monoisotopic (exact) mass is 788 g/mol. The second kappa shape index (κ2) is 15.2.